The molecular weight excluding hydrogens is 411 g/mol. The van der Waals surface area contributed by atoms with Gasteiger partial charge in [0.15, 0.2) is 5.65 Å². The maximum atomic E-state index is 14.0. The van der Waals surface area contributed by atoms with Crippen LogP contribution in [-0.4, -0.2) is 49.9 Å². The molecule has 4 heterocycles. The third kappa shape index (κ3) is 3.64. The highest BCUT2D eigenvalue weighted by Crippen LogP contribution is 2.39. The van der Waals surface area contributed by atoms with Gasteiger partial charge < -0.3 is 14.7 Å². The average Bonchev–Trinajstić information content (AvgIpc) is 3.46. The van der Waals surface area contributed by atoms with Gasteiger partial charge in [-0.3, -0.25) is 0 Å². The molecule has 0 amide bonds. The minimum atomic E-state index is -0.282. The van der Waals surface area contributed by atoms with Crippen molar-refractivity contribution in [3.05, 3.63) is 66.0 Å². The fourth-order valence-corrected chi connectivity index (χ4v) is 4.31. The molecule has 9 heteroatoms. The van der Waals surface area contributed by atoms with E-state index in [2.05, 4.69) is 19.9 Å². The van der Waals surface area contributed by atoms with Gasteiger partial charge >= 0.3 is 0 Å². The Morgan fingerprint density at radius 3 is 2.91 bits per heavy atom. The minimum Gasteiger partial charge on any atom is -0.496 e. The van der Waals surface area contributed by atoms with Gasteiger partial charge in [-0.15, -0.1) is 5.10 Å². The quantitative estimate of drug-likeness (QED) is 0.498. The summed E-state index contributed by atoms with van der Waals surface area (Å²) in [6.45, 7) is 0.826. The predicted octanol–water partition coefficient (Wildman–Crippen LogP) is 3.21. The molecule has 1 aliphatic heterocycles. The smallest absolute Gasteiger partial charge is 0.154 e. The van der Waals surface area contributed by atoms with Gasteiger partial charge in [-0.2, -0.15) is 0 Å². The number of aliphatic hydroxyl groups is 1. The van der Waals surface area contributed by atoms with Crippen LogP contribution in [0.4, 0.5) is 10.2 Å². The summed E-state index contributed by atoms with van der Waals surface area (Å²) in [5.41, 5.74) is 3.70. The number of fused-ring (bicyclic) bond motifs is 1. The van der Waals surface area contributed by atoms with Crippen molar-refractivity contribution in [3.63, 3.8) is 0 Å². The van der Waals surface area contributed by atoms with Crippen LogP contribution < -0.4 is 9.64 Å². The molecule has 0 saturated carbocycles. The van der Waals surface area contributed by atoms with Gasteiger partial charge in [0.1, 0.15) is 29.4 Å². The Labute approximate surface area is 184 Å². The minimum absolute atomic E-state index is 0.0197. The molecule has 164 valence electrons. The Morgan fingerprint density at radius 2 is 2.06 bits per heavy atom. The number of methoxy groups -OCH3 is 1. The highest BCUT2D eigenvalue weighted by molar-refractivity contribution is 5.61. The average molecular weight is 434 g/mol. The second-order valence-corrected chi connectivity index (χ2v) is 7.71. The highest BCUT2D eigenvalue weighted by Gasteiger charge is 2.30. The summed E-state index contributed by atoms with van der Waals surface area (Å²) < 4.78 is 21.3. The van der Waals surface area contributed by atoms with Crippen LogP contribution in [0.15, 0.2) is 48.9 Å². The van der Waals surface area contributed by atoms with Crippen molar-refractivity contribution in [3.8, 4) is 17.1 Å². The Hall–Kier alpha value is -3.59. The van der Waals surface area contributed by atoms with E-state index < -0.39 is 0 Å². The van der Waals surface area contributed by atoms with Crippen molar-refractivity contribution >= 4 is 11.5 Å². The third-order valence-corrected chi connectivity index (χ3v) is 5.80. The monoisotopic (exact) mass is 434 g/mol. The zero-order chi connectivity index (χ0) is 22.1. The first-order chi connectivity index (χ1) is 15.7. The lowest BCUT2D eigenvalue weighted by Crippen LogP contribution is -2.24. The fraction of sp³-hybridized carbons (Fsp3) is 0.304. The largest absolute Gasteiger partial charge is 0.496 e. The Bertz CT molecular complexity index is 1260. The predicted molar refractivity (Wildman–Crippen MR) is 117 cm³/mol. The number of ether oxygens (including phenoxy) is 1. The molecule has 0 aliphatic carbocycles. The lowest BCUT2D eigenvalue weighted by Gasteiger charge is -2.27. The van der Waals surface area contributed by atoms with Crippen molar-refractivity contribution in [2.75, 3.05) is 25.2 Å². The van der Waals surface area contributed by atoms with Crippen LogP contribution in [0.3, 0.4) is 0 Å². The molecule has 8 nitrogen and oxygen atoms in total. The van der Waals surface area contributed by atoms with E-state index in [0.717, 1.165) is 42.2 Å². The van der Waals surface area contributed by atoms with E-state index in [1.165, 1.54) is 12.4 Å². The number of halogens is 1. The van der Waals surface area contributed by atoms with Crippen LogP contribution in [0.2, 0.25) is 0 Å². The van der Waals surface area contributed by atoms with Gasteiger partial charge in [-0.1, -0.05) is 0 Å². The van der Waals surface area contributed by atoms with Crippen LogP contribution in [0.1, 0.15) is 30.1 Å². The highest BCUT2D eigenvalue weighted by atomic mass is 19.1. The Balaban J connectivity index is 1.55. The van der Waals surface area contributed by atoms with Crippen molar-refractivity contribution in [1.82, 2.24) is 24.6 Å². The van der Waals surface area contributed by atoms with Crippen LogP contribution in [-0.2, 0) is 6.42 Å². The molecular formula is C23H23FN6O2. The number of anilines is 1. The summed E-state index contributed by atoms with van der Waals surface area (Å²) in [6.07, 6.45) is 5.52. The molecule has 1 aromatic carbocycles. The summed E-state index contributed by atoms with van der Waals surface area (Å²) in [4.78, 5) is 15.2. The molecule has 32 heavy (non-hydrogen) atoms. The van der Waals surface area contributed by atoms with Crippen LogP contribution in [0.5, 0.6) is 5.75 Å². The topological polar surface area (TPSA) is 88.7 Å². The van der Waals surface area contributed by atoms with Crippen LogP contribution in [0, 0.1) is 5.82 Å². The van der Waals surface area contributed by atoms with Crippen molar-refractivity contribution < 1.29 is 14.2 Å². The van der Waals surface area contributed by atoms with Gasteiger partial charge in [0.05, 0.1) is 25.0 Å². The Kier molecular flexibility index (Phi) is 5.40. The first kappa shape index (κ1) is 20.3. The summed E-state index contributed by atoms with van der Waals surface area (Å²) in [5.74, 6) is 1.16. The normalized spacial score (nSPS) is 16.1. The molecule has 5 rings (SSSR count). The first-order valence-electron chi connectivity index (χ1n) is 10.5. The van der Waals surface area contributed by atoms with E-state index in [1.807, 2.05) is 18.2 Å². The first-order valence-corrected chi connectivity index (χ1v) is 10.5. The van der Waals surface area contributed by atoms with E-state index >= 15 is 0 Å². The summed E-state index contributed by atoms with van der Waals surface area (Å²) in [5, 5.41) is 14.1. The second kappa shape index (κ2) is 8.51. The van der Waals surface area contributed by atoms with Gasteiger partial charge in [0.25, 0.3) is 0 Å². The maximum Gasteiger partial charge on any atom is 0.154 e. The molecule has 1 atom stereocenters. The lowest BCUT2D eigenvalue weighted by molar-refractivity contribution is 0.298. The third-order valence-electron chi connectivity index (χ3n) is 5.80. The maximum absolute atomic E-state index is 14.0. The van der Waals surface area contributed by atoms with E-state index in [4.69, 9.17) is 9.84 Å². The van der Waals surface area contributed by atoms with Gasteiger partial charge in [-0.25, -0.2) is 23.9 Å². The summed E-state index contributed by atoms with van der Waals surface area (Å²) in [6, 6.07) is 10.3. The van der Waals surface area contributed by atoms with E-state index in [1.54, 1.807) is 30.0 Å². The molecule has 4 aromatic rings. The lowest BCUT2D eigenvalue weighted by atomic mass is 10.0. The number of hydrogen-bond acceptors (Lipinski definition) is 7. The Morgan fingerprint density at radius 1 is 1.16 bits per heavy atom. The molecule has 1 N–H and O–H groups in total. The standard InChI is InChI=1S/C23H23FN6O2/c1-32-21-5-4-15(24)11-17(21)19-3-2-9-29(19)23-7-6-22-25-13-20(30(22)28-23)18-12-16(8-10-31)26-14-27-18/h4-7,11-14,19,31H,2-3,8-10H2,1H3/t19-/m1/s1. The van der Waals surface area contributed by atoms with Gasteiger partial charge in [0, 0.05) is 30.8 Å². The molecule has 1 saturated heterocycles. The van der Waals surface area contributed by atoms with Gasteiger partial charge in [-0.05, 0) is 49.2 Å². The zero-order valence-corrected chi connectivity index (χ0v) is 17.6. The number of aliphatic hydroxyl groups excluding tert-OH is 1. The number of aromatic nitrogens is 5. The van der Waals surface area contributed by atoms with Crippen LogP contribution in [0.25, 0.3) is 17.0 Å². The van der Waals surface area contributed by atoms with E-state index in [0.29, 0.717) is 23.5 Å². The number of nitrogens with zero attached hydrogens (tertiary/aromatic N) is 6. The van der Waals surface area contributed by atoms with Gasteiger partial charge in [0.2, 0.25) is 0 Å². The molecule has 3 aromatic heterocycles. The molecule has 0 unspecified atom stereocenters. The number of benzene rings is 1. The van der Waals surface area contributed by atoms with E-state index in [9.17, 15) is 9.50 Å². The number of hydrogen-bond donors (Lipinski definition) is 1. The zero-order valence-electron chi connectivity index (χ0n) is 17.6. The molecule has 1 aliphatic rings. The van der Waals surface area contributed by atoms with Crippen molar-refractivity contribution in [2.45, 2.75) is 25.3 Å². The number of imidazole rings is 1. The molecule has 0 bridgehead atoms. The molecule has 0 radical (unpaired) electrons. The molecule has 0 spiro atoms. The van der Waals surface area contributed by atoms with Crippen LogP contribution >= 0.6 is 0 Å². The van der Waals surface area contributed by atoms with Crippen molar-refractivity contribution in [2.24, 2.45) is 0 Å². The van der Waals surface area contributed by atoms with Crippen molar-refractivity contribution in [1.29, 1.82) is 0 Å². The number of rotatable bonds is 6. The SMILES string of the molecule is COc1ccc(F)cc1[C@H]1CCCN1c1ccc2ncc(-c3cc(CCO)ncn3)n2n1. The fourth-order valence-electron chi connectivity index (χ4n) is 4.31. The summed E-state index contributed by atoms with van der Waals surface area (Å²) >= 11 is 0. The van der Waals surface area contributed by atoms with E-state index in [-0.39, 0.29) is 18.5 Å². The summed E-state index contributed by atoms with van der Waals surface area (Å²) in [7, 11) is 1.60. The second-order valence-electron chi connectivity index (χ2n) is 7.71. The molecule has 1 fully saturated rings.